The molecule has 0 spiro atoms. The third-order valence-electron chi connectivity index (χ3n) is 3.37. The highest BCUT2D eigenvalue weighted by Gasteiger charge is 2.33. The monoisotopic (exact) mass is 411 g/mol. The number of halogens is 3. The molecule has 12 heteroatoms. The molecule has 3 aromatic rings. The summed E-state index contributed by atoms with van der Waals surface area (Å²) in [7, 11) is 0. The molecule has 3 rings (SSSR count). The molecule has 2 aromatic heterocycles. The first-order valence-electron chi connectivity index (χ1n) is 7.75. The summed E-state index contributed by atoms with van der Waals surface area (Å²) >= 11 is 1.45. The molecule has 1 aromatic carbocycles. The molecular weight excluding hydrogens is 399 g/mol. The van der Waals surface area contributed by atoms with E-state index in [2.05, 4.69) is 20.7 Å². The zero-order valence-corrected chi connectivity index (χ0v) is 14.8. The number of carbonyl (C=O) groups excluding carboxylic acids is 2. The average Bonchev–Trinajstić information content (AvgIpc) is 3.31. The zero-order chi connectivity index (χ0) is 20.1. The highest BCUT2D eigenvalue weighted by atomic mass is 32.1. The summed E-state index contributed by atoms with van der Waals surface area (Å²) in [4.78, 5) is 24.6. The molecule has 0 aliphatic heterocycles. The normalized spacial score (nSPS) is 11.2. The number of hydrogen-bond donors (Lipinski definition) is 1. The second-order valence-corrected chi connectivity index (χ2v) is 6.19. The Kier molecular flexibility index (Phi) is 5.68. The first kappa shape index (κ1) is 19.5. The molecule has 0 atom stereocenters. The summed E-state index contributed by atoms with van der Waals surface area (Å²) in [6, 6.07) is 6.27. The van der Waals surface area contributed by atoms with E-state index in [0.29, 0.717) is 5.82 Å². The Hall–Kier alpha value is -3.28. The van der Waals surface area contributed by atoms with Gasteiger partial charge in [-0.1, -0.05) is 12.1 Å². The largest absolute Gasteiger partial charge is 0.454 e. The Morgan fingerprint density at radius 1 is 1.21 bits per heavy atom. The minimum atomic E-state index is -4.63. The lowest BCUT2D eigenvalue weighted by Crippen LogP contribution is -2.24. The molecule has 146 valence electrons. The van der Waals surface area contributed by atoms with E-state index in [1.807, 2.05) is 10.8 Å². The van der Waals surface area contributed by atoms with Crippen LogP contribution in [0.1, 0.15) is 5.56 Å². The van der Waals surface area contributed by atoms with Crippen molar-refractivity contribution >= 4 is 28.9 Å². The number of para-hydroxylation sites is 1. The molecule has 0 saturated heterocycles. The summed E-state index contributed by atoms with van der Waals surface area (Å²) in [5.41, 5.74) is -0.677. The van der Waals surface area contributed by atoms with Crippen LogP contribution < -0.4 is 5.32 Å². The van der Waals surface area contributed by atoms with Crippen LogP contribution in [0.2, 0.25) is 0 Å². The predicted octanol–water partition coefficient (Wildman–Crippen LogP) is 2.60. The maximum Gasteiger partial charge on any atom is 0.418 e. The summed E-state index contributed by atoms with van der Waals surface area (Å²) in [5.74, 6) is -1.42. The third-order valence-corrected chi connectivity index (χ3v) is 4.06. The second kappa shape index (κ2) is 8.17. The number of carbonyl (C=O) groups is 2. The first-order valence-corrected chi connectivity index (χ1v) is 8.69. The second-order valence-electron chi connectivity index (χ2n) is 5.41. The number of nitrogens with zero attached hydrogens (tertiary/aromatic N) is 4. The van der Waals surface area contributed by atoms with E-state index in [9.17, 15) is 22.8 Å². The van der Waals surface area contributed by atoms with Gasteiger partial charge in [0, 0.05) is 10.9 Å². The Bertz CT molecular complexity index is 972. The Morgan fingerprint density at radius 3 is 2.71 bits per heavy atom. The minimum absolute atomic E-state index is 0.329. The Balaban J connectivity index is 1.52. The topological polar surface area (TPSA) is 99.0 Å². The number of aromatic nitrogens is 4. The van der Waals surface area contributed by atoms with Crippen molar-refractivity contribution in [2.24, 2.45) is 0 Å². The number of alkyl halides is 3. The minimum Gasteiger partial charge on any atom is -0.454 e. The van der Waals surface area contributed by atoms with Crippen molar-refractivity contribution in [1.82, 2.24) is 20.2 Å². The number of hydrogen-bond acceptors (Lipinski definition) is 7. The van der Waals surface area contributed by atoms with Crippen LogP contribution in [0.3, 0.4) is 0 Å². The van der Waals surface area contributed by atoms with Gasteiger partial charge in [-0.25, -0.2) is 4.79 Å². The van der Waals surface area contributed by atoms with Crippen LogP contribution in [0.25, 0.3) is 11.4 Å². The van der Waals surface area contributed by atoms with Crippen LogP contribution >= 0.6 is 11.3 Å². The summed E-state index contributed by atoms with van der Waals surface area (Å²) < 4.78 is 43.4. The molecule has 0 bridgehead atoms. The van der Waals surface area contributed by atoms with Crippen molar-refractivity contribution in [2.75, 3.05) is 11.9 Å². The quantitative estimate of drug-likeness (QED) is 0.626. The molecule has 0 fully saturated rings. The fourth-order valence-corrected chi connectivity index (χ4v) is 2.78. The fourth-order valence-electron chi connectivity index (χ4n) is 2.15. The number of esters is 1. The maximum atomic E-state index is 12.9. The number of tetrazole rings is 1. The lowest BCUT2D eigenvalue weighted by molar-refractivity contribution is -0.148. The highest BCUT2D eigenvalue weighted by Crippen LogP contribution is 2.34. The van der Waals surface area contributed by atoms with Crippen molar-refractivity contribution in [3.63, 3.8) is 0 Å². The highest BCUT2D eigenvalue weighted by molar-refractivity contribution is 7.08. The average molecular weight is 411 g/mol. The molecule has 1 N–H and O–H groups in total. The van der Waals surface area contributed by atoms with E-state index in [-0.39, 0.29) is 0 Å². The smallest absolute Gasteiger partial charge is 0.418 e. The van der Waals surface area contributed by atoms with Gasteiger partial charge in [-0.15, -0.1) is 10.2 Å². The third kappa shape index (κ3) is 4.91. The first-order chi connectivity index (χ1) is 13.3. The predicted molar refractivity (Wildman–Crippen MR) is 92.2 cm³/mol. The Labute approximate surface area is 159 Å². The molecule has 0 aliphatic rings. The van der Waals surface area contributed by atoms with Crippen LogP contribution in [0.15, 0.2) is 41.1 Å². The molecule has 0 radical (unpaired) electrons. The zero-order valence-electron chi connectivity index (χ0n) is 14.0. The summed E-state index contributed by atoms with van der Waals surface area (Å²) in [5, 5.41) is 17.2. The van der Waals surface area contributed by atoms with Crippen molar-refractivity contribution in [3.8, 4) is 11.4 Å². The molecule has 0 saturated carbocycles. The van der Waals surface area contributed by atoms with Gasteiger partial charge in [-0.05, 0) is 28.8 Å². The van der Waals surface area contributed by atoms with Crippen LogP contribution in [-0.4, -0.2) is 38.7 Å². The maximum absolute atomic E-state index is 12.9. The number of anilines is 1. The van der Waals surface area contributed by atoms with Crippen molar-refractivity contribution < 1.29 is 27.5 Å². The van der Waals surface area contributed by atoms with Crippen molar-refractivity contribution in [3.05, 3.63) is 46.7 Å². The number of nitrogens with one attached hydrogen (secondary N) is 1. The van der Waals surface area contributed by atoms with E-state index >= 15 is 0 Å². The van der Waals surface area contributed by atoms with E-state index in [1.54, 1.807) is 6.07 Å². The van der Waals surface area contributed by atoms with Gasteiger partial charge in [0.1, 0.15) is 0 Å². The number of ether oxygens (including phenoxy) is 1. The van der Waals surface area contributed by atoms with Gasteiger partial charge in [-0.2, -0.15) is 29.3 Å². The van der Waals surface area contributed by atoms with E-state index < -0.39 is 42.5 Å². The summed E-state index contributed by atoms with van der Waals surface area (Å²) in [6.45, 7) is -1.15. The standard InChI is InChI=1S/C16H12F3N5O3S/c17-16(18,19)11-3-1-2-4-12(11)20-13(25)8-27-14(26)7-24-22-15(21-23-24)10-5-6-28-9-10/h1-6,9H,7-8H2,(H,20,25). The van der Waals surface area contributed by atoms with Gasteiger partial charge in [0.15, 0.2) is 13.2 Å². The molecule has 2 heterocycles. The van der Waals surface area contributed by atoms with Gasteiger partial charge in [0.05, 0.1) is 11.3 Å². The molecule has 8 nitrogen and oxygen atoms in total. The lowest BCUT2D eigenvalue weighted by atomic mass is 10.1. The van der Waals surface area contributed by atoms with Gasteiger partial charge >= 0.3 is 12.1 Å². The van der Waals surface area contributed by atoms with Gasteiger partial charge in [-0.3, -0.25) is 4.79 Å². The number of thiophene rings is 1. The van der Waals surface area contributed by atoms with Gasteiger partial charge in [0.25, 0.3) is 5.91 Å². The van der Waals surface area contributed by atoms with E-state index in [4.69, 9.17) is 4.74 Å². The van der Waals surface area contributed by atoms with Crippen LogP contribution in [-0.2, 0) is 27.0 Å². The molecule has 0 unspecified atom stereocenters. The molecule has 1 amide bonds. The van der Waals surface area contributed by atoms with Gasteiger partial charge < -0.3 is 10.1 Å². The number of rotatable bonds is 6. The molecule has 0 aliphatic carbocycles. The SMILES string of the molecule is O=C(COC(=O)Cn1nnc(-c2ccsc2)n1)Nc1ccccc1C(F)(F)F. The Morgan fingerprint density at radius 2 is 2.00 bits per heavy atom. The van der Waals surface area contributed by atoms with Crippen molar-refractivity contribution in [1.29, 1.82) is 0 Å². The van der Waals surface area contributed by atoms with E-state index in [1.165, 1.54) is 23.5 Å². The van der Waals surface area contributed by atoms with Crippen LogP contribution in [0.5, 0.6) is 0 Å². The van der Waals surface area contributed by atoms with Crippen molar-refractivity contribution in [2.45, 2.75) is 12.7 Å². The van der Waals surface area contributed by atoms with E-state index in [0.717, 1.165) is 22.5 Å². The van der Waals surface area contributed by atoms with Crippen LogP contribution in [0.4, 0.5) is 18.9 Å². The lowest BCUT2D eigenvalue weighted by Gasteiger charge is -2.13. The molecule has 28 heavy (non-hydrogen) atoms. The molecular formula is C16H12F3N5O3S. The summed E-state index contributed by atoms with van der Waals surface area (Å²) in [6.07, 6.45) is -4.63. The van der Waals surface area contributed by atoms with Crippen LogP contribution in [0, 0.1) is 0 Å². The fraction of sp³-hybridized carbons (Fsp3) is 0.188. The number of benzene rings is 1. The number of amides is 1. The van der Waals surface area contributed by atoms with Gasteiger partial charge in [0.2, 0.25) is 5.82 Å².